The molecule has 1 atom stereocenters. The van der Waals surface area contributed by atoms with Crippen LogP contribution in [0.3, 0.4) is 0 Å². The molecule has 1 N–H and O–H groups in total. The summed E-state index contributed by atoms with van der Waals surface area (Å²) >= 11 is 1.98. The van der Waals surface area contributed by atoms with Gasteiger partial charge in [-0.3, -0.25) is 4.90 Å². The van der Waals surface area contributed by atoms with E-state index in [1.54, 1.807) is 0 Å². The highest BCUT2D eigenvalue weighted by atomic mass is 32.2. The molecule has 2 fully saturated rings. The summed E-state index contributed by atoms with van der Waals surface area (Å²) < 4.78 is 0. The van der Waals surface area contributed by atoms with Gasteiger partial charge in [0.05, 0.1) is 0 Å². The molecule has 2 aliphatic rings. The van der Waals surface area contributed by atoms with Crippen molar-refractivity contribution in [1.29, 1.82) is 0 Å². The van der Waals surface area contributed by atoms with Crippen molar-refractivity contribution < 1.29 is 0 Å². The first-order valence-corrected chi connectivity index (χ1v) is 8.25. The van der Waals surface area contributed by atoms with E-state index in [0.29, 0.717) is 0 Å². The van der Waals surface area contributed by atoms with Gasteiger partial charge in [0.15, 0.2) is 0 Å². The highest BCUT2D eigenvalue weighted by Crippen LogP contribution is 2.29. The zero-order chi connectivity index (χ0) is 11.2. The normalized spacial score (nSPS) is 29.4. The van der Waals surface area contributed by atoms with Gasteiger partial charge in [-0.1, -0.05) is 19.3 Å². The van der Waals surface area contributed by atoms with Crippen LogP contribution in [0.15, 0.2) is 0 Å². The molecule has 0 bridgehead atoms. The van der Waals surface area contributed by atoms with Crippen molar-refractivity contribution >= 4 is 11.8 Å². The number of thioether (sulfide) groups is 1. The third-order valence-corrected chi connectivity index (χ3v) is 4.77. The molecule has 16 heavy (non-hydrogen) atoms. The summed E-state index contributed by atoms with van der Waals surface area (Å²) in [6.45, 7) is 4.99. The maximum absolute atomic E-state index is 3.59. The molecular weight excluding hydrogens is 216 g/mol. The zero-order valence-corrected chi connectivity index (χ0v) is 11.4. The van der Waals surface area contributed by atoms with Gasteiger partial charge in [-0.05, 0) is 25.0 Å². The largest absolute Gasteiger partial charge is 0.314 e. The third-order valence-electron chi connectivity index (χ3n) is 4.17. The molecule has 0 amide bonds. The van der Waals surface area contributed by atoms with Crippen LogP contribution in [0.2, 0.25) is 0 Å². The predicted molar refractivity (Wildman–Crippen MR) is 73.2 cm³/mol. The van der Waals surface area contributed by atoms with E-state index in [4.69, 9.17) is 0 Å². The number of rotatable bonds is 4. The van der Waals surface area contributed by atoms with Gasteiger partial charge < -0.3 is 5.32 Å². The molecule has 1 saturated heterocycles. The Balaban J connectivity index is 1.86. The summed E-state index contributed by atoms with van der Waals surface area (Å²) in [5, 5.41) is 3.59. The van der Waals surface area contributed by atoms with Crippen LogP contribution in [0.25, 0.3) is 0 Å². The molecule has 0 aromatic heterocycles. The summed E-state index contributed by atoms with van der Waals surface area (Å²) in [4.78, 5) is 2.75. The van der Waals surface area contributed by atoms with E-state index in [1.807, 2.05) is 11.8 Å². The Hall–Kier alpha value is 0.270. The molecule has 1 aliphatic carbocycles. The second kappa shape index (κ2) is 6.87. The average molecular weight is 242 g/mol. The molecule has 3 heteroatoms. The number of nitrogens with zero attached hydrogens (tertiary/aromatic N) is 1. The van der Waals surface area contributed by atoms with Gasteiger partial charge in [-0.2, -0.15) is 11.8 Å². The summed E-state index contributed by atoms with van der Waals surface area (Å²) in [5.74, 6) is 2.27. The molecule has 0 spiro atoms. The first-order valence-electron chi connectivity index (χ1n) is 6.85. The number of hydrogen-bond acceptors (Lipinski definition) is 3. The maximum atomic E-state index is 3.59. The van der Waals surface area contributed by atoms with E-state index in [-0.39, 0.29) is 0 Å². The summed E-state index contributed by atoms with van der Waals surface area (Å²) in [6, 6.07) is 0.834. The van der Waals surface area contributed by atoms with Crippen molar-refractivity contribution in [1.82, 2.24) is 10.2 Å². The lowest BCUT2D eigenvalue weighted by Gasteiger charge is -2.42. The van der Waals surface area contributed by atoms with E-state index < -0.39 is 0 Å². The van der Waals surface area contributed by atoms with Crippen molar-refractivity contribution in [2.45, 2.75) is 38.1 Å². The third kappa shape index (κ3) is 3.38. The molecule has 94 valence electrons. The molecule has 1 saturated carbocycles. The topological polar surface area (TPSA) is 15.3 Å². The van der Waals surface area contributed by atoms with Crippen molar-refractivity contribution in [3.63, 3.8) is 0 Å². The monoisotopic (exact) mass is 242 g/mol. The van der Waals surface area contributed by atoms with E-state index in [9.17, 15) is 0 Å². The molecule has 0 aromatic carbocycles. The van der Waals surface area contributed by atoms with Gasteiger partial charge in [0.2, 0.25) is 0 Å². The van der Waals surface area contributed by atoms with Crippen LogP contribution in [0.1, 0.15) is 32.1 Å². The molecule has 2 rings (SSSR count). The van der Waals surface area contributed by atoms with E-state index >= 15 is 0 Å². The highest BCUT2D eigenvalue weighted by Gasteiger charge is 2.30. The Morgan fingerprint density at radius 1 is 1.25 bits per heavy atom. The van der Waals surface area contributed by atoms with Crippen molar-refractivity contribution in [2.24, 2.45) is 5.92 Å². The van der Waals surface area contributed by atoms with Crippen LogP contribution >= 0.6 is 11.8 Å². The minimum atomic E-state index is 0.834. The van der Waals surface area contributed by atoms with Gasteiger partial charge in [0.25, 0.3) is 0 Å². The average Bonchev–Trinajstić information content (AvgIpc) is 2.38. The standard InChI is InChI=1S/C13H26N2S/c1-16-10-9-15-8-7-14-11-13(15)12-5-3-2-4-6-12/h12-14H,2-11H2,1H3. The number of nitrogens with one attached hydrogen (secondary N) is 1. The molecule has 0 aromatic rings. The minimum absolute atomic E-state index is 0.834. The fraction of sp³-hybridized carbons (Fsp3) is 1.00. The molecule has 0 radical (unpaired) electrons. The second-order valence-corrected chi connectivity index (χ2v) is 6.18. The lowest BCUT2D eigenvalue weighted by Crippen LogP contribution is -2.55. The van der Waals surface area contributed by atoms with E-state index in [1.165, 1.54) is 64.0 Å². The lowest BCUT2D eigenvalue weighted by molar-refractivity contribution is 0.0990. The lowest BCUT2D eigenvalue weighted by atomic mass is 9.82. The van der Waals surface area contributed by atoms with E-state index in [2.05, 4.69) is 16.5 Å². The number of piperazine rings is 1. The van der Waals surface area contributed by atoms with Crippen LogP contribution in [0.5, 0.6) is 0 Å². The molecular formula is C13H26N2S. The van der Waals surface area contributed by atoms with Crippen LogP contribution in [0.4, 0.5) is 0 Å². The summed E-state index contributed by atoms with van der Waals surface area (Å²) in [6.07, 6.45) is 9.58. The quantitative estimate of drug-likeness (QED) is 0.814. The van der Waals surface area contributed by atoms with Gasteiger partial charge in [-0.25, -0.2) is 0 Å². The summed E-state index contributed by atoms with van der Waals surface area (Å²) in [7, 11) is 0. The van der Waals surface area contributed by atoms with Crippen molar-refractivity contribution in [3.05, 3.63) is 0 Å². The van der Waals surface area contributed by atoms with Crippen LogP contribution in [-0.2, 0) is 0 Å². The first kappa shape index (κ1) is 12.7. The van der Waals surface area contributed by atoms with Gasteiger partial charge in [-0.15, -0.1) is 0 Å². The Kier molecular flexibility index (Phi) is 5.46. The van der Waals surface area contributed by atoms with Crippen molar-refractivity contribution in [3.8, 4) is 0 Å². The Morgan fingerprint density at radius 3 is 2.81 bits per heavy atom. The van der Waals surface area contributed by atoms with Crippen molar-refractivity contribution in [2.75, 3.05) is 38.2 Å². The van der Waals surface area contributed by atoms with Crippen LogP contribution in [-0.4, -0.2) is 49.1 Å². The Bertz CT molecular complexity index is 192. The van der Waals surface area contributed by atoms with E-state index in [0.717, 1.165) is 12.0 Å². The van der Waals surface area contributed by atoms with Gasteiger partial charge in [0, 0.05) is 38.0 Å². The second-order valence-electron chi connectivity index (χ2n) is 5.20. The predicted octanol–water partition coefficient (Wildman–Crippen LogP) is 2.20. The molecule has 1 heterocycles. The van der Waals surface area contributed by atoms with Gasteiger partial charge in [0.1, 0.15) is 0 Å². The van der Waals surface area contributed by atoms with Crippen LogP contribution < -0.4 is 5.32 Å². The van der Waals surface area contributed by atoms with Crippen LogP contribution in [0, 0.1) is 5.92 Å². The number of hydrogen-bond donors (Lipinski definition) is 1. The highest BCUT2D eigenvalue weighted by molar-refractivity contribution is 7.98. The summed E-state index contributed by atoms with van der Waals surface area (Å²) in [5.41, 5.74) is 0. The molecule has 1 aliphatic heterocycles. The molecule has 1 unspecified atom stereocenters. The Labute approximate surface area is 105 Å². The first-order chi connectivity index (χ1) is 7.92. The fourth-order valence-electron chi connectivity index (χ4n) is 3.24. The minimum Gasteiger partial charge on any atom is -0.314 e. The fourth-order valence-corrected chi connectivity index (χ4v) is 3.65. The smallest absolute Gasteiger partial charge is 0.0249 e. The molecule has 2 nitrogen and oxygen atoms in total. The van der Waals surface area contributed by atoms with Gasteiger partial charge >= 0.3 is 0 Å². The SMILES string of the molecule is CSCCN1CCNCC1C1CCCCC1. The Morgan fingerprint density at radius 2 is 2.06 bits per heavy atom. The maximum Gasteiger partial charge on any atom is 0.0249 e. The zero-order valence-electron chi connectivity index (χ0n) is 10.6.